The number of amides is 1. The Bertz CT molecular complexity index is 1460. The highest BCUT2D eigenvalue weighted by Gasteiger charge is 2.24. The van der Waals surface area contributed by atoms with Crippen LogP contribution in [-0.4, -0.2) is 86.4 Å². The molecule has 2 aromatic carbocycles. The number of methoxy groups -OCH3 is 3. The minimum atomic E-state index is -0.179. The molecule has 1 aliphatic rings. The number of nitrogens with one attached hydrogen (secondary N) is 2. The minimum Gasteiger partial charge on any atom is -0.493 e. The van der Waals surface area contributed by atoms with Gasteiger partial charge in [-0.1, -0.05) is 12.1 Å². The molecule has 10 heteroatoms. The summed E-state index contributed by atoms with van der Waals surface area (Å²) in [7, 11) is 4.66. The van der Waals surface area contributed by atoms with E-state index in [9.17, 15) is 4.79 Å². The van der Waals surface area contributed by atoms with Crippen LogP contribution in [0.1, 0.15) is 40.2 Å². The van der Waals surface area contributed by atoms with Crippen LogP contribution in [0.15, 0.2) is 54.9 Å². The number of carbonyl (C=O) groups is 1. The van der Waals surface area contributed by atoms with E-state index < -0.39 is 0 Å². The summed E-state index contributed by atoms with van der Waals surface area (Å²) >= 11 is 0. The number of carbonyl (C=O) groups excluding carboxylic acids is 1. The predicted octanol–water partition coefficient (Wildman–Crippen LogP) is 4.41. The lowest BCUT2D eigenvalue weighted by Crippen LogP contribution is -2.34. The quantitative estimate of drug-likeness (QED) is 0.272. The van der Waals surface area contributed by atoms with Gasteiger partial charge < -0.3 is 34.3 Å². The normalized spacial score (nSPS) is 14.8. The Morgan fingerprint density at radius 3 is 2.52 bits per heavy atom. The van der Waals surface area contributed by atoms with Crippen LogP contribution in [-0.2, 0) is 0 Å². The molecule has 42 heavy (non-hydrogen) atoms. The Hall–Kier alpha value is -4.31. The second-order valence-corrected chi connectivity index (χ2v) is 10.6. The number of nitrogens with zero attached hydrogens (tertiary/aromatic N) is 4. The van der Waals surface area contributed by atoms with Crippen molar-refractivity contribution in [1.29, 1.82) is 0 Å². The number of anilines is 1. The fourth-order valence-corrected chi connectivity index (χ4v) is 5.70. The summed E-state index contributed by atoms with van der Waals surface area (Å²) in [6, 6.07) is 13.9. The van der Waals surface area contributed by atoms with Gasteiger partial charge in [0.25, 0.3) is 5.91 Å². The Morgan fingerprint density at radius 1 is 1.00 bits per heavy atom. The van der Waals surface area contributed by atoms with Gasteiger partial charge in [-0.25, -0.2) is 4.98 Å². The zero-order chi connectivity index (χ0) is 29.5. The van der Waals surface area contributed by atoms with Crippen molar-refractivity contribution in [2.75, 3.05) is 65.5 Å². The van der Waals surface area contributed by atoms with Gasteiger partial charge >= 0.3 is 0 Å². The van der Waals surface area contributed by atoms with Gasteiger partial charge in [0.15, 0.2) is 11.5 Å². The van der Waals surface area contributed by atoms with Gasteiger partial charge in [-0.05, 0) is 68.8 Å². The third kappa shape index (κ3) is 6.44. The molecule has 10 nitrogen and oxygen atoms in total. The molecule has 0 radical (unpaired) electrons. The van der Waals surface area contributed by atoms with E-state index in [1.165, 1.54) is 0 Å². The topological polar surface area (TPSA) is 105 Å². The number of aromatic amines is 1. The zero-order valence-electron chi connectivity index (χ0n) is 24.9. The largest absolute Gasteiger partial charge is 0.493 e. The maximum Gasteiger partial charge on any atom is 0.251 e. The maximum atomic E-state index is 13.4. The van der Waals surface area contributed by atoms with E-state index in [0.717, 1.165) is 68.1 Å². The van der Waals surface area contributed by atoms with Crippen molar-refractivity contribution in [2.24, 2.45) is 0 Å². The number of hydrogen-bond acceptors (Lipinski definition) is 8. The lowest BCUT2D eigenvalue weighted by Gasteiger charge is -2.25. The molecular formula is C32H40N6O4. The van der Waals surface area contributed by atoms with Crippen LogP contribution in [0.2, 0.25) is 0 Å². The first-order chi connectivity index (χ1) is 20.5. The number of H-pyrrole nitrogens is 1. The molecule has 2 N–H and O–H groups in total. The molecular weight excluding hydrogens is 532 g/mol. The van der Waals surface area contributed by atoms with Gasteiger partial charge in [0.2, 0.25) is 11.7 Å². The third-order valence-electron chi connectivity index (χ3n) is 8.07. The van der Waals surface area contributed by atoms with Gasteiger partial charge in [-0.3, -0.25) is 9.78 Å². The molecule has 1 atom stereocenters. The number of imidazole rings is 1. The number of para-hydroxylation sites is 2. The standard InChI is InChI=1S/C32H40N6O4/c1-22-25(20-28(40-2)30(42-4)29(22)41-3)31(39)34-21-24(23-10-13-33-14-11-23)12-17-37-15-7-16-38(19-18-37)32-35-26-8-5-6-9-27(26)36-32/h5-6,8-11,13-14,20,24H,7,12,15-19,21H2,1-4H3,(H,34,39)(H,35,36). The SMILES string of the molecule is COc1cc(C(=O)NCC(CCN2CCCN(c3nc4ccccc4[nH]3)CC2)c2ccncc2)c(C)c(OC)c1OC. The fraction of sp³-hybridized carbons (Fsp3) is 0.406. The number of benzene rings is 2. The number of rotatable bonds is 11. The average molecular weight is 573 g/mol. The Kier molecular flexibility index (Phi) is 9.43. The van der Waals surface area contributed by atoms with Crippen molar-refractivity contribution in [3.63, 3.8) is 0 Å². The minimum absolute atomic E-state index is 0.133. The Balaban J connectivity index is 1.24. The van der Waals surface area contributed by atoms with Crippen LogP contribution >= 0.6 is 0 Å². The number of fused-ring (bicyclic) bond motifs is 1. The van der Waals surface area contributed by atoms with Crippen LogP contribution in [0, 0.1) is 6.92 Å². The highest BCUT2D eigenvalue weighted by Crippen LogP contribution is 2.41. The van der Waals surface area contributed by atoms with Gasteiger partial charge in [0, 0.05) is 55.6 Å². The molecule has 5 rings (SSSR count). The van der Waals surface area contributed by atoms with Crippen molar-refractivity contribution < 1.29 is 19.0 Å². The lowest BCUT2D eigenvalue weighted by molar-refractivity contribution is 0.0948. The van der Waals surface area contributed by atoms with Gasteiger partial charge in [-0.2, -0.15) is 0 Å². The first kappa shape index (κ1) is 29.2. The van der Waals surface area contributed by atoms with Crippen LogP contribution in [0.3, 0.4) is 0 Å². The van der Waals surface area contributed by atoms with E-state index >= 15 is 0 Å². The summed E-state index contributed by atoms with van der Waals surface area (Å²) in [5.41, 5.74) is 4.42. The molecule has 1 fully saturated rings. The third-order valence-corrected chi connectivity index (χ3v) is 8.07. The average Bonchev–Trinajstić information content (AvgIpc) is 3.32. The molecule has 3 heterocycles. The summed E-state index contributed by atoms with van der Waals surface area (Å²) in [6.07, 6.45) is 5.59. The molecule has 0 bridgehead atoms. The molecule has 2 aromatic heterocycles. The first-order valence-corrected chi connectivity index (χ1v) is 14.4. The van der Waals surface area contributed by atoms with E-state index in [-0.39, 0.29) is 11.8 Å². The second-order valence-electron chi connectivity index (χ2n) is 10.6. The van der Waals surface area contributed by atoms with Crippen LogP contribution in [0.4, 0.5) is 5.95 Å². The van der Waals surface area contributed by atoms with Crippen molar-refractivity contribution in [2.45, 2.75) is 25.7 Å². The summed E-state index contributed by atoms with van der Waals surface area (Å²) < 4.78 is 16.5. The summed E-state index contributed by atoms with van der Waals surface area (Å²) in [4.78, 5) is 30.8. The maximum absolute atomic E-state index is 13.4. The first-order valence-electron chi connectivity index (χ1n) is 14.4. The number of pyridine rings is 1. The Morgan fingerprint density at radius 2 is 1.79 bits per heavy atom. The monoisotopic (exact) mass is 572 g/mol. The van der Waals surface area contributed by atoms with Gasteiger partial charge in [0.05, 0.1) is 32.4 Å². The lowest BCUT2D eigenvalue weighted by atomic mass is 9.95. The van der Waals surface area contributed by atoms with E-state index in [4.69, 9.17) is 19.2 Å². The van der Waals surface area contributed by atoms with Crippen LogP contribution < -0.4 is 24.4 Å². The number of ether oxygens (including phenoxy) is 3. The predicted molar refractivity (Wildman–Crippen MR) is 164 cm³/mol. The highest BCUT2D eigenvalue weighted by atomic mass is 16.5. The molecule has 0 aliphatic carbocycles. The molecule has 0 saturated carbocycles. The summed E-state index contributed by atoms with van der Waals surface area (Å²) in [5, 5.41) is 3.17. The van der Waals surface area contributed by atoms with Gasteiger partial charge in [0.1, 0.15) is 0 Å². The van der Waals surface area contributed by atoms with Gasteiger partial charge in [-0.15, -0.1) is 0 Å². The van der Waals surface area contributed by atoms with E-state index in [0.29, 0.717) is 34.9 Å². The van der Waals surface area contributed by atoms with Crippen molar-refractivity contribution in [3.8, 4) is 17.2 Å². The van der Waals surface area contributed by atoms with E-state index in [1.54, 1.807) is 27.4 Å². The molecule has 4 aromatic rings. The number of hydrogen-bond donors (Lipinski definition) is 2. The molecule has 1 unspecified atom stereocenters. The Labute approximate surface area is 247 Å². The van der Waals surface area contributed by atoms with Crippen molar-refractivity contribution in [3.05, 3.63) is 71.5 Å². The molecule has 1 saturated heterocycles. The van der Waals surface area contributed by atoms with Crippen molar-refractivity contribution >= 4 is 22.9 Å². The summed E-state index contributed by atoms with van der Waals surface area (Å²) in [6.45, 7) is 7.14. The molecule has 1 aliphatic heterocycles. The number of aromatic nitrogens is 3. The smallest absolute Gasteiger partial charge is 0.251 e. The van der Waals surface area contributed by atoms with Crippen molar-refractivity contribution in [1.82, 2.24) is 25.2 Å². The van der Waals surface area contributed by atoms with Crippen LogP contribution in [0.5, 0.6) is 17.2 Å². The molecule has 222 valence electrons. The van der Waals surface area contributed by atoms with Crippen LogP contribution in [0.25, 0.3) is 11.0 Å². The highest BCUT2D eigenvalue weighted by molar-refractivity contribution is 5.97. The fourth-order valence-electron chi connectivity index (χ4n) is 5.70. The summed E-state index contributed by atoms with van der Waals surface area (Å²) in [5.74, 6) is 2.31. The zero-order valence-corrected chi connectivity index (χ0v) is 24.9. The molecule has 1 amide bonds. The van der Waals surface area contributed by atoms with E-state index in [2.05, 4.69) is 31.2 Å². The second kappa shape index (κ2) is 13.6. The van der Waals surface area contributed by atoms with E-state index in [1.807, 2.05) is 49.6 Å². The molecule has 0 spiro atoms.